The van der Waals surface area contributed by atoms with E-state index in [9.17, 15) is 9.59 Å². The summed E-state index contributed by atoms with van der Waals surface area (Å²) >= 11 is 1.48. The predicted molar refractivity (Wildman–Crippen MR) is 85.9 cm³/mol. The zero-order valence-corrected chi connectivity index (χ0v) is 14.0. The third-order valence-electron chi connectivity index (χ3n) is 3.68. The van der Waals surface area contributed by atoms with Gasteiger partial charge in [-0.05, 0) is 33.6 Å². The molecule has 1 fully saturated rings. The lowest BCUT2D eigenvalue weighted by Gasteiger charge is -2.30. The standard InChI is InChI=1S/C15H22N4O2S/c1-15(2,3)18-14(21)19-7-6-10-11(8-19)22-13(16-10)17-12(20)9-4-5-9/h9H,4-8H2,1-3H3,(H,18,21)(H,16,17,20). The Bertz CT molecular complexity index is 601. The van der Waals surface area contributed by atoms with E-state index in [0.717, 1.165) is 29.8 Å². The van der Waals surface area contributed by atoms with Crippen molar-refractivity contribution >= 4 is 28.4 Å². The van der Waals surface area contributed by atoms with E-state index in [0.29, 0.717) is 18.2 Å². The molecule has 2 heterocycles. The van der Waals surface area contributed by atoms with Crippen molar-refractivity contribution in [1.82, 2.24) is 15.2 Å². The van der Waals surface area contributed by atoms with Crippen molar-refractivity contribution in [3.8, 4) is 0 Å². The molecule has 0 saturated heterocycles. The molecule has 1 saturated carbocycles. The minimum absolute atomic E-state index is 0.0462. The summed E-state index contributed by atoms with van der Waals surface area (Å²) in [6.45, 7) is 7.14. The van der Waals surface area contributed by atoms with Crippen LogP contribution < -0.4 is 10.6 Å². The van der Waals surface area contributed by atoms with E-state index < -0.39 is 0 Å². The molecule has 0 spiro atoms. The van der Waals surface area contributed by atoms with E-state index in [2.05, 4.69) is 15.6 Å². The zero-order chi connectivity index (χ0) is 15.9. The number of thiazole rings is 1. The Balaban J connectivity index is 1.64. The molecular weight excluding hydrogens is 300 g/mol. The van der Waals surface area contributed by atoms with E-state index in [1.165, 1.54) is 11.3 Å². The van der Waals surface area contributed by atoms with Crippen molar-refractivity contribution in [1.29, 1.82) is 0 Å². The van der Waals surface area contributed by atoms with E-state index in [4.69, 9.17) is 0 Å². The monoisotopic (exact) mass is 322 g/mol. The van der Waals surface area contributed by atoms with Gasteiger partial charge < -0.3 is 15.5 Å². The fourth-order valence-electron chi connectivity index (χ4n) is 2.38. The Morgan fingerprint density at radius 1 is 1.32 bits per heavy atom. The van der Waals surface area contributed by atoms with Crippen molar-refractivity contribution in [2.75, 3.05) is 11.9 Å². The molecule has 1 aliphatic heterocycles. The zero-order valence-electron chi connectivity index (χ0n) is 13.2. The fraction of sp³-hybridized carbons (Fsp3) is 0.667. The minimum atomic E-state index is -0.242. The van der Waals surface area contributed by atoms with E-state index in [1.54, 1.807) is 4.90 Å². The number of hydrogen-bond acceptors (Lipinski definition) is 4. The molecule has 3 rings (SSSR count). The number of amides is 3. The maximum Gasteiger partial charge on any atom is 0.318 e. The largest absolute Gasteiger partial charge is 0.333 e. The highest BCUT2D eigenvalue weighted by atomic mass is 32.1. The number of carbonyl (C=O) groups is 2. The SMILES string of the molecule is CC(C)(C)NC(=O)N1CCc2nc(NC(=O)C3CC3)sc2C1. The van der Waals surface area contributed by atoms with Crippen molar-refractivity contribution < 1.29 is 9.59 Å². The van der Waals surface area contributed by atoms with Crippen LogP contribution in [0.2, 0.25) is 0 Å². The van der Waals surface area contributed by atoms with Crippen LogP contribution >= 0.6 is 11.3 Å². The number of carbonyl (C=O) groups excluding carboxylic acids is 2. The van der Waals surface area contributed by atoms with Crippen LogP contribution in [0.5, 0.6) is 0 Å². The topological polar surface area (TPSA) is 74.3 Å². The van der Waals surface area contributed by atoms with Gasteiger partial charge in [0, 0.05) is 29.3 Å². The maximum atomic E-state index is 12.2. The number of hydrogen-bond donors (Lipinski definition) is 2. The Labute approximate surface area is 134 Å². The van der Waals surface area contributed by atoms with Crippen LogP contribution in [-0.4, -0.2) is 33.9 Å². The van der Waals surface area contributed by atoms with Gasteiger partial charge >= 0.3 is 6.03 Å². The average molecular weight is 322 g/mol. The highest BCUT2D eigenvalue weighted by molar-refractivity contribution is 7.15. The molecule has 1 aliphatic carbocycles. The number of fused-ring (bicyclic) bond motifs is 1. The molecule has 0 unspecified atom stereocenters. The van der Waals surface area contributed by atoms with Crippen LogP contribution in [-0.2, 0) is 17.8 Å². The van der Waals surface area contributed by atoms with Gasteiger partial charge in [-0.2, -0.15) is 0 Å². The van der Waals surface area contributed by atoms with E-state index in [1.807, 2.05) is 20.8 Å². The quantitative estimate of drug-likeness (QED) is 0.878. The second-order valence-corrected chi connectivity index (χ2v) is 8.09. The van der Waals surface area contributed by atoms with Crippen LogP contribution in [0.1, 0.15) is 44.2 Å². The Morgan fingerprint density at radius 3 is 2.68 bits per heavy atom. The molecule has 7 heteroatoms. The number of anilines is 1. The van der Waals surface area contributed by atoms with E-state index in [-0.39, 0.29) is 23.4 Å². The summed E-state index contributed by atoms with van der Waals surface area (Å²) in [6, 6.07) is -0.0462. The Morgan fingerprint density at radius 2 is 2.05 bits per heavy atom. The van der Waals surface area contributed by atoms with Gasteiger partial charge in [0.25, 0.3) is 0 Å². The molecule has 120 valence electrons. The molecule has 0 aromatic carbocycles. The van der Waals surface area contributed by atoms with Crippen LogP contribution in [0.25, 0.3) is 0 Å². The van der Waals surface area contributed by atoms with Gasteiger partial charge in [-0.3, -0.25) is 4.79 Å². The number of aromatic nitrogens is 1. The molecule has 0 atom stereocenters. The molecule has 0 radical (unpaired) electrons. The lowest BCUT2D eigenvalue weighted by Crippen LogP contribution is -2.49. The first-order valence-corrected chi connectivity index (χ1v) is 8.50. The van der Waals surface area contributed by atoms with Crippen molar-refractivity contribution in [2.24, 2.45) is 5.92 Å². The van der Waals surface area contributed by atoms with Crippen molar-refractivity contribution in [2.45, 2.75) is 52.1 Å². The maximum absolute atomic E-state index is 12.2. The molecule has 1 aromatic heterocycles. The summed E-state index contributed by atoms with van der Waals surface area (Å²) in [5.41, 5.74) is 0.768. The predicted octanol–water partition coefficient (Wildman–Crippen LogP) is 2.36. The number of nitrogens with zero attached hydrogens (tertiary/aromatic N) is 2. The second-order valence-electron chi connectivity index (χ2n) is 7.00. The number of urea groups is 1. The average Bonchev–Trinajstić information content (AvgIpc) is 3.17. The lowest BCUT2D eigenvalue weighted by atomic mass is 10.1. The summed E-state index contributed by atoms with van der Waals surface area (Å²) in [6.07, 6.45) is 2.71. The smallest absolute Gasteiger partial charge is 0.318 e. The van der Waals surface area contributed by atoms with Gasteiger partial charge in [0.1, 0.15) is 0 Å². The molecule has 3 amide bonds. The third-order valence-corrected chi connectivity index (χ3v) is 4.68. The first-order chi connectivity index (χ1) is 10.3. The van der Waals surface area contributed by atoms with Crippen molar-refractivity contribution in [3.63, 3.8) is 0 Å². The third kappa shape index (κ3) is 3.58. The molecule has 22 heavy (non-hydrogen) atoms. The summed E-state index contributed by atoms with van der Waals surface area (Å²) in [7, 11) is 0. The molecule has 1 aromatic rings. The van der Waals surface area contributed by atoms with Crippen LogP contribution in [0.15, 0.2) is 0 Å². The highest BCUT2D eigenvalue weighted by Crippen LogP contribution is 2.33. The van der Waals surface area contributed by atoms with Crippen molar-refractivity contribution in [3.05, 3.63) is 10.6 Å². The molecule has 2 aliphatic rings. The molecule has 2 N–H and O–H groups in total. The fourth-order valence-corrected chi connectivity index (χ4v) is 3.40. The number of nitrogens with one attached hydrogen (secondary N) is 2. The van der Waals surface area contributed by atoms with Gasteiger partial charge in [0.2, 0.25) is 5.91 Å². The minimum Gasteiger partial charge on any atom is -0.333 e. The van der Waals surface area contributed by atoms with Gasteiger partial charge in [-0.1, -0.05) is 11.3 Å². The van der Waals surface area contributed by atoms with Gasteiger partial charge in [0.15, 0.2) is 5.13 Å². The Kier molecular flexibility index (Phi) is 3.84. The second kappa shape index (κ2) is 5.53. The summed E-state index contributed by atoms with van der Waals surface area (Å²) in [5, 5.41) is 6.54. The highest BCUT2D eigenvalue weighted by Gasteiger charge is 2.31. The normalized spacial score (nSPS) is 17.9. The summed E-state index contributed by atoms with van der Waals surface area (Å²) < 4.78 is 0. The summed E-state index contributed by atoms with van der Waals surface area (Å²) in [4.78, 5) is 31.4. The molecular formula is C15H22N4O2S. The first kappa shape index (κ1) is 15.3. The van der Waals surface area contributed by atoms with Crippen LogP contribution in [0, 0.1) is 5.92 Å². The Hall–Kier alpha value is -1.63. The lowest BCUT2D eigenvalue weighted by molar-refractivity contribution is -0.117. The summed E-state index contributed by atoms with van der Waals surface area (Å²) in [5.74, 6) is 0.253. The van der Waals surface area contributed by atoms with E-state index >= 15 is 0 Å². The van der Waals surface area contributed by atoms with Gasteiger partial charge in [-0.15, -0.1) is 0 Å². The molecule has 0 bridgehead atoms. The molecule has 6 nitrogen and oxygen atoms in total. The first-order valence-electron chi connectivity index (χ1n) is 7.68. The van der Waals surface area contributed by atoms with Crippen LogP contribution in [0.4, 0.5) is 9.93 Å². The van der Waals surface area contributed by atoms with Gasteiger partial charge in [-0.25, -0.2) is 9.78 Å². The number of rotatable bonds is 2. The van der Waals surface area contributed by atoms with Crippen LogP contribution in [0.3, 0.4) is 0 Å². The van der Waals surface area contributed by atoms with Gasteiger partial charge in [0.05, 0.1) is 12.2 Å².